The number of nitrogen functional groups attached to an aromatic ring is 1. The fourth-order valence-corrected chi connectivity index (χ4v) is 1.87. The zero-order valence-corrected chi connectivity index (χ0v) is 10.0. The van der Waals surface area contributed by atoms with Gasteiger partial charge in [-0.3, -0.25) is 4.79 Å². The smallest absolute Gasteiger partial charge is 0.311 e. The zero-order chi connectivity index (χ0) is 12.3. The number of carboxylic acid groups (broad SMARTS) is 1. The first-order valence-electron chi connectivity index (χ1n) is 5.47. The van der Waals surface area contributed by atoms with Crippen LogP contribution in [0.4, 0.5) is 5.69 Å². The van der Waals surface area contributed by atoms with Crippen molar-refractivity contribution >= 4 is 11.7 Å². The molecule has 3 nitrogen and oxygen atoms in total. The van der Waals surface area contributed by atoms with E-state index in [1.54, 1.807) is 12.1 Å². The van der Waals surface area contributed by atoms with Crippen LogP contribution in [0.25, 0.3) is 0 Å². The third-order valence-corrected chi connectivity index (χ3v) is 3.25. The van der Waals surface area contributed by atoms with Crippen LogP contribution in [0.15, 0.2) is 24.3 Å². The minimum absolute atomic E-state index is 0.304. The third-order valence-electron chi connectivity index (χ3n) is 3.25. The van der Waals surface area contributed by atoms with Gasteiger partial charge in [0.1, 0.15) is 0 Å². The standard InChI is InChI=1S/C13H19NO2/c1-4-13(2,3)11(12(15)16)9-7-5-6-8-10(9)14/h5-8,11H,4,14H2,1-3H3,(H,15,16). The molecular weight excluding hydrogens is 202 g/mol. The molecule has 0 fully saturated rings. The largest absolute Gasteiger partial charge is 0.481 e. The summed E-state index contributed by atoms with van der Waals surface area (Å²) in [6, 6.07) is 7.19. The van der Waals surface area contributed by atoms with Gasteiger partial charge in [-0.05, 0) is 23.5 Å². The molecule has 1 aromatic rings. The number of nitrogens with two attached hydrogens (primary N) is 1. The van der Waals surface area contributed by atoms with Gasteiger partial charge in [-0.2, -0.15) is 0 Å². The van der Waals surface area contributed by atoms with E-state index in [2.05, 4.69) is 0 Å². The summed E-state index contributed by atoms with van der Waals surface area (Å²) in [5, 5.41) is 9.36. The number of anilines is 1. The van der Waals surface area contributed by atoms with Gasteiger partial charge in [0.15, 0.2) is 0 Å². The van der Waals surface area contributed by atoms with Gasteiger partial charge < -0.3 is 10.8 Å². The summed E-state index contributed by atoms with van der Waals surface area (Å²) in [5.41, 5.74) is 6.81. The lowest BCUT2D eigenvalue weighted by Crippen LogP contribution is -2.29. The van der Waals surface area contributed by atoms with Crippen LogP contribution in [0.2, 0.25) is 0 Å². The molecule has 0 saturated carbocycles. The van der Waals surface area contributed by atoms with E-state index in [1.807, 2.05) is 32.9 Å². The molecule has 0 radical (unpaired) electrons. The number of carboxylic acids is 1. The highest BCUT2D eigenvalue weighted by Gasteiger charge is 2.36. The lowest BCUT2D eigenvalue weighted by molar-refractivity contribution is -0.141. The summed E-state index contributed by atoms with van der Waals surface area (Å²) in [4.78, 5) is 11.4. The number of para-hydroxylation sites is 1. The zero-order valence-electron chi connectivity index (χ0n) is 10.0. The molecule has 0 heterocycles. The summed E-state index contributed by atoms with van der Waals surface area (Å²) in [5.74, 6) is -1.37. The van der Waals surface area contributed by atoms with Crippen molar-refractivity contribution in [3.8, 4) is 0 Å². The second kappa shape index (κ2) is 4.56. The average Bonchev–Trinajstić information content (AvgIpc) is 2.20. The Labute approximate surface area is 96.3 Å². The maximum Gasteiger partial charge on any atom is 0.311 e. The summed E-state index contributed by atoms with van der Waals surface area (Å²) in [7, 11) is 0. The van der Waals surface area contributed by atoms with E-state index in [4.69, 9.17) is 5.73 Å². The highest BCUT2D eigenvalue weighted by atomic mass is 16.4. The van der Waals surface area contributed by atoms with E-state index in [-0.39, 0.29) is 5.41 Å². The second-order valence-electron chi connectivity index (χ2n) is 4.74. The molecule has 0 aliphatic heterocycles. The predicted octanol–water partition coefficient (Wildman–Crippen LogP) is 2.87. The van der Waals surface area contributed by atoms with E-state index < -0.39 is 11.9 Å². The minimum Gasteiger partial charge on any atom is -0.481 e. The molecule has 88 valence electrons. The van der Waals surface area contributed by atoms with Crippen LogP contribution < -0.4 is 5.73 Å². The van der Waals surface area contributed by atoms with Crippen molar-refractivity contribution in [1.29, 1.82) is 0 Å². The Balaban J connectivity index is 3.24. The number of aliphatic carboxylic acids is 1. The molecule has 0 spiro atoms. The first-order chi connectivity index (χ1) is 7.40. The Morgan fingerprint density at radius 3 is 2.44 bits per heavy atom. The molecule has 0 aliphatic carbocycles. The third kappa shape index (κ3) is 2.35. The first-order valence-corrected chi connectivity index (χ1v) is 5.47. The Kier molecular flexibility index (Phi) is 3.58. The second-order valence-corrected chi connectivity index (χ2v) is 4.74. The molecule has 0 saturated heterocycles. The SMILES string of the molecule is CCC(C)(C)C(C(=O)O)c1ccccc1N. The van der Waals surface area contributed by atoms with Crippen LogP contribution >= 0.6 is 0 Å². The molecule has 0 aliphatic rings. The predicted molar refractivity (Wildman–Crippen MR) is 65.3 cm³/mol. The Morgan fingerprint density at radius 1 is 1.44 bits per heavy atom. The van der Waals surface area contributed by atoms with Gasteiger partial charge in [-0.25, -0.2) is 0 Å². The van der Waals surface area contributed by atoms with E-state index in [0.29, 0.717) is 11.3 Å². The van der Waals surface area contributed by atoms with Crippen molar-refractivity contribution in [2.24, 2.45) is 5.41 Å². The summed E-state index contributed by atoms with van der Waals surface area (Å²) in [6.45, 7) is 5.91. The quantitative estimate of drug-likeness (QED) is 0.768. The van der Waals surface area contributed by atoms with Crippen molar-refractivity contribution < 1.29 is 9.90 Å². The summed E-state index contributed by atoms with van der Waals surface area (Å²) >= 11 is 0. The fraction of sp³-hybridized carbons (Fsp3) is 0.462. The van der Waals surface area contributed by atoms with Crippen molar-refractivity contribution in [3.05, 3.63) is 29.8 Å². The number of carbonyl (C=O) groups is 1. The van der Waals surface area contributed by atoms with Gasteiger partial charge in [0.25, 0.3) is 0 Å². The van der Waals surface area contributed by atoms with Crippen LogP contribution in [0, 0.1) is 5.41 Å². The van der Waals surface area contributed by atoms with Gasteiger partial charge >= 0.3 is 5.97 Å². The van der Waals surface area contributed by atoms with Crippen molar-refractivity contribution in [3.63, 3.8) is 0 Å². The van der Waals surface area contributed by atoms with Gasteiger partial charge in [-0.15, -0.1) is 0 Å². The maximum absolute atomic E-state index is 11.4. The van der Waals surface area contributed by atoms with Gasteiger partial charge in [-0.1, -0.05) is 39.0 Å². The molecule has 1 rings (SSSR count). The lowest BCUT2D eigenvalue weighted by atomic mass is 9.73. The number of hydrogen-bond acceptors (Lipinski definition) is 2. The molecule has 3 N–H and O–H groups in total. The van der Waals surface area contributed by atoms with Crippen molar-refractivity contribution in [2.75, 3.05) is 5.73 Å². The highest BCUT2D eigenvalue weighted by molar-refractivity contribution is 5.79. The van der Waals surface area contributed by atoms with Crippen LogP contribution in [0.1, 0.15) is 38.7 Å². The molecule has 1 aromatic carbocycles. The number of benzene rings is 1. The van der Waals surface area contributed by atoms with Crippen molar-refractivity contribution in [2.45, 2.75) is 33.1 Å². The van der Waals surface area contributed by atoms with Crippen molar-refractivity contribution in [1.82, 2.24) is 0 Å². The molecule has 1 unspecified atom stereocenters. The Bertz CT molecular complexity index is 385. The topological polar surface area (TPSA) is 63.3 Å². The molecular formula is C13H19NO2. The molecule has 3 heteroatoms. The molecule has 1 atom stereocenters. The summed E-state index contributed by atoms with van der Waals surface area (Å²) in [6.07, 6.45) is 0.790. The molecule has 0 bridgehead atoms. The fourth-order valence-electron chi connectivity index (χ4n) is 1.87. The maximum atomic E-state index is 11.4. The number of hydrogen-bond donors (Lipinski definition) is 2. The van der Waals surface area contributed by atoms with E-state index in [1.165, 1.54) is 0 Å². The van der Waals surface area contributed by atoms with Gasteiger partial charge in [0.2, 0.25) is 0 Å². The molecule has 0 aromatic heterocycles. The Morgan fingerprint density at radius 2 is 2.00 bits per heavy atom. The molecule has 16 heavy (non-hydrogen) atoms. The van der Waals surface area contributed by atoms with Crippen LogP contribution in [0.3, 0.4) is 0 Å². The van der Waals surface area contributed by atoms with Crippen LogP contribution in [-0.2, 0) is 4.79 Å². The monoisotopic (exact) mass is 221 g/mol. The van der Waals surface area contributed by atoms with E-state index in [0.717, 1.165) is 6.42 Å². The van der Waals surface area contributed by atoms with Gasteiger partial charge in [0.05, 0.1) is 5.92 Å². The highest BCUT2D eigenvalue weighted by Crippen LogP contribution is 2.40. The minimum atomic E-state index is -0.815. The summed E-state index contributed by atoms with van der Waals surface area (Å²) < 4.78 is 0. The normalized spacial score (nSPS) is 13.4. The van der Waals surface area contributed by atoms with E-state index in [9.17, 15) is 9.90 Å². The van der Waals surface area contributed by atoms with Crippen LogP contribution in [-0.4, -0.2) is 11.1 Å². The lowest BCUT2D eigenvalue weighted by Gasteiger charge is -2.31. The number of rotatable bonds is 4. The van der Waals surface area contributed by atoms with E-state index >= 15 is 0 Å². The average molecular weight is 221 g/mol. The van der Waals surface area contributed by atoms with Gasteiger partial charge in [0, 0.05) is 5.69 Å². The Hall–Kier alpha value is -1.51. The first kappa shape index (κ1) is 12.6. The molecule has 0 amide bonds. The van der Waals surface area contributed by atoms with Crippen LogP contribution in [0.5, 0.6) is 0 Å².